The Hall–Kier alpha value is -1.67. The van der Waals surface area contributed by atoms with Gasteiger partial charge in [-0.05, 0) is 72.8 Å². The van der Waals surface area contributed by atoms with Crippen molar-refractivity contribution < 1.29 is 9.53 Å². The Morgan fingerprint density at radius 3 is 2.00 bits per heavy atom. The Kier molecular flexibility index (Phi) is 15.4. The van der Waals surface area contributed by atoms with E-state index < -0.39 is 5.60 Å². The Bertz CT molecular complexity index is 623. The summed E-state index contributed by atoms with van der Waals surface area (Å²) in [6.07, 6.45) is 1.41. The van der Waals surface area contributed by atoms with Gasteiger partial charge in [-0.1, -0.05) is 39.3 Å². The van der Waals surface area contributed by atoms with Crippen LogP contribution in [0.25, 0.3) is 0 Å². The molecule has 0 aliphatic carbocycles. The van der Waals surface area contributed by atoms with Crippen molar-refractivity contribution in [1.29, 1.82) is 5.26 Å². The minimum Gasteiger partial charge on any atom is -0.444 e. The first-order chi connectivity index (χ1) is 13.8. The number of ether oxygens (including phenoxy) is 1. The Morgan fingerprint density at radius 2 is 1.70 bits per heavy atom. The van der Waals surface area contributed by atoms with Crippen LogP contribution in [-0.2, 0) is 4.74 Å². The van der Waals surface area contributed by atoms with Crippen LogP contribution < -0.4 is 5.32 Å². The van der Waals surface area contributed by atoms with E-state index in [4.69, 9.17) is 21.6 Å². The summed E-state index contributed by atoms with van der Waals surface area (Å²) in [5.74, 6) is 0.380. The summed E-state index contributed by atoms with van der Waals surface area (Å²) in [5.41, 5.74) is 2.35. The molecule has 1 amide bonds. The Morgan fingerprint density at radius 1 is 1.17 bits per heavy atom. The third-order valence-electron chi connectivity index (χ3n) is 4.15. The third-order valence-corrected chi connectivity index (χ3v) is 4.66. The summed E-state index contributed by atoms with van der Waals surface area (Å²) in [6.45, 7) is 23.5. The van der Waals surface area contributed by atoms with Gasteiger partial charge in [0.25, 0.3) is 0 Å². The third kappa shape index (κ3) is 12.1. The fourth-order valence-electron chi connectivity index (χ4n) is 2.71. The summed E-state index contributed by atoms with van der Waals surface area (Å²) in [7, 11) is 0. The zero-order valence-corrected chi connectivity index (χ0v) is 21.8. The SMILES string of the molecule is CCCN(C(=O)OC(C)(C)C)C(C)C.CCN/C(=C(C)/C(Cl)=C(/C#N)CC)C(C)C. The number of carbonyl (C=O) groups excluding carboxylic acids is 1. The van der Waals surface area contributed by atoms with Crippen LogP contribution in [0.2, 0.25) is 0 Å². The van der Waals surface area contributed by atoms with Crippen LogP contribution in [0.3, 0.4) is 0 Å². The first-order valence-corrected chi connectivity index (χ1v) is 11.4. The van der Waals surface area contributed by atoms with E-state index in [1.165, 1.54) is 0 Å². The first-order valence-electron chi connectivity index (χ1n) is 11.0. The molecule has 0 aromatic carbocycles. The summed E-state index contributed by atoms with van der Waals surface area (Å²) in [5, 5.41) is 12.9. The highest BCUT2D eigenvalue weighted by molar-refractivity contribution is 6.32. The van der Waals surface area contributed by atoms with Crippen molar-refractivity contribution in [1.82, 2.24) is 10.2 Å². The summed E-state index contributed by atoms with van der Waals surface area (Å²) in [6, 6.07) is 2.35. The Balaban J connectivity index is 0. The normalized spacial score (nSPS) is 13.0. The zero-order chi connectivity index (χ0) is 24.1. The number of rotatable bonds is 8. The molecule has 0 aliphatic rings. The highest BCUT2D eigenvalue weighted by atomic mass is 35.5. The molecule has 0 aromatic rings. The number of nitriles is 1. The second-order valence-electron chi connectivity index (χ2n) is 8.75. The van der Waals surface area contributed by atoms with Crippen LogP contribution in [0, 0.1) is 17.2 Å². The van der Waals surface area contributed by atoms with Gasteiger partial charge in [-0.2, -0.15) is 5.26 Å². The minimum atomic E-state index is -0.405. The lowest BCUT2D eigenvalue weighted by Gasteiger charge is -2.29. The number of nitrogens with zero attached hydrogens (tertiary/aromatic N) is 2. The number of amides is 1. The fourth-order valence-corrected chi connectivity index (χ4v) is 2.99. The van der Waals surface area contributed by atoms with Crippen LogP contribution in [0.15, 0.2) is 21.9 Å². The molecule has 6 heteroatoms. The summed E-state index contributed by atoms with van der Waals surface area (Å²) in [4.78, 5) is 13.4. The van der Waals surface area contributed by atoms with Crippen LogP contribution in [0.5, 0.6) is 0 Å². The molecule has 0 saturated carbocycles. The average Bonchev–Trinajstić information content (AvgIpc) is 2.62. The fraction of sp³-hybridized carbons (Fsp3) is 0.750. The van der Waals surface area contributed by atoms with Gasteiger partial charge in [-0.15, -0.1) is 0 Å². The highest BCUT2D eigenvalue weighted by Gasteiger charge is 2.23. The van der Waals surface area contributed by atoms with Gasteiger partial charge >= 0.3 is 6.09 Å². The smallest absolute Gasteiger partial charge is 0.410 e. The topological polar surface area (TPSA) is 65.4 Å². The predicted molar refractivity (Wildman–Crippen MR) is 128 cm³/mol. The van der Waals surface area contributed by atoms with Crippen LogP contribution in [-0.4, -0.2) is 35.7 Å². The molecule has 30 heavy (non-hydrogen) atoms. The maximum absolute atomic E-state index is 11.7. The van der Waals surface area contributed by atoms with Crippen molar-refractivity contribution in [3.8, 4) is 6.07 Å². The second-order valence-corrected chi connectivity index (χ2v) is 9.13. The molecule has 0 aromatic heterocycles. The molecule has 0 atom stereocenters. The van der Waals surface area contributed by atoms with E-state index in [9.17, 15) is 4.79 Å². The van der Waals surface area contributed by atoms with Gasteiger partial charge in [0.05, 0.1) is 11.1 Å². The average molecular weight is 442 g/mol. The molecule has 0 heterocycles. The highest BCUT2D eigenvalue weighted by Crippen LogP contribution is 2.25. The molecule has 0 unspecified atom stereocenters. The van der Waals surface area contributed by atoms with Gasteiger partial charge in [-0.3, -0.25) is 0 Å². The van der Waals surface area contributed by atoms with E-state index in [1.54, 1.807) is 4.90 Å². The predicted octanol–water partition coefficient (Wildman–Crippen LogP) is 6.99. The van der Waals surface area contributed by atoms with E-state index in [-0.39, 0.29) is 12.1 Å². The van der Waals surface area contributed by atoms with Crippen molar-refractivity contribution >= 4 is 17.7 Å². The lowest BCUT2D eigenvalue weighted by atomic mass is 10.0. The van der Waals surface area contributed by atoms with Gasteiger partial charge in [0, 0.05) is 30.4 Å². The lowest BCUT2D eigenvalue weighted by molar-refractivity contribution is 0.0191. The van der Waals surface area contributed by atoms with E-state index in [1.807, 2.05) is 48.5 Å². The van der Waals surface area contributed by atoms with Gasteiger partial charge < -0.3 is 15.0 Å². The molecular weight excluding hydrogens is 398 g/mol. The van der Waals surface area contributed by atoms with Crippen molar-refractivity contribution in [3.63, 3.8) is 0 Å². The molecule has 0 fully saturated rings. The lowest BCUT2D eigenvalue weighted by Crippen LogP contribution is -2.41. The van der Waals surface area contributed by atoms with Gasteiger partial charge in [0.1, 0.15) is 5.60 Å². The summed E-state index contributed by atoms with van der Waals surface area (Å²) < 4.78 is 5.30. The largest absolute Gasteiger partial charge is 0.444 e. The number of hydrogen-bond donors (Lipinski definition) is 1. The summed E-state index contributed by atoms with van der Waals surface area (Å²) >= 11 is 6.23. The van der Waals surface area contributed by atoms with Crippen LogP contribution in [0.1, 0.15) is 89.0 Å². The number of nitrogens with one attached hydrogen (secondary N) is 1. The van der Waals surface area contributed by atoms with E-state index in [0.717, 1.165) is 30.8 Å². The Labute approximate surface area is 190 Å². The molecule has 0 bridgehead atoms. The monoisotopic (exact) mass is 441 g/mol. The number of allylic oxidation sites excluding steroid dienone is 4. The zero-order valence-electron chi connectivity index (χ0n) is 21.1. The molecule has 174 valence electrons. The molecule has 0 saturated heterocycles. The maximum Gasteiger partial charge on any atom is 0.410 e. The second kappa shape index (κ2) is 15.2. The molecular formula is C24H44ClN3O2. The first kappa shape index (κ1) is 30.5. The van der Waals surface area contributed by atoms with Crippen LogP contribution >= 0.6 is 11.6 Å². The van der Waals surface area contributed by atoms with Crippen molar-refractivity contribution in [2.45, 2.75) is 101 Å². The van der Waals surface area contributed by atoms with Gasteiger partial charge in [0.2, 0.25) is 0 Å². The maximum atomic E-state index is 11.7. The molecule has 0 radical (unpaired) electrons. The van der Waals surface area contributed by atoms with Gasteiger partial charge in [0.15, 0.2) is 0 Å². The number of carbonyl (C=O) groups is 1. The van der Waals surface area contributed by atoms with E-state index >= 15 is 0 Å². The standard InChI is InChI=1S/C13H21ClN2.C11H23NO2/c1-6-11(8-15)12(14)10(5)13(9(3)4)16-7-2;1-7-8-12(9(2)3)10(13)14-11(4,5)6/h9,16H,6-7H2,1-5H3;9H,7-8H2,1-6H3/b12-11-,13-10+;. The van der Waals surface area contributed by atoms with Crippen molar-refractivity contribution in [3.05, 3.63) is 21.9 Å². The molecule has 0 aliphatic heterocycles. The van der Waals surface area contributed by atoms with E-state index in [2.05, 4.69) is 39.1 Å². The molecule has 5 nitrogen and oxygen atoms in total. The number of halogens is 1. The molecule has 0 spiro atoms. The van der Waals surface area contributed by atoms with Crippen LogP contribution in [0.4, 0.5) is 4.79 Å². The van der Waals surface area contributed by atoms with Crippen molar-refractivity contribution in [2.75, 3.05) is 13.1 Å². The molecule has 1 N–H and O–H groups in total. The minimum absolute atomic E-state index is 0.199. The molecule has 0 rings (SSSR count). The van der Waals surface area contributed by atoms with Gasteiger partial charge in [-0.25, -0.2) is 4.79 Å². The van der Waals surface area contributed by atoms with E-state index in [0.29, 0.717) is 22.9 Å². The number of hydrogen-bond acceptors (Lipinski definition) is 4. The van der Waals surface area contributed by atoms with Crippen molar-refractivity contribution in [2.24, 2.45) is 5.92 Å². The quantitative estimate of drug-likeness (QED) is 0.325.